The number of aromatic nitrogens is 2. The van der Waals surface area contributed by atoms with Crippen LogP contribution < -0.4 is 0 Å². The minimum absolute atomic E-state index is 0.0244. The van der Waals surface area contributed by atoms with Crippen molar-refractivity contribution >= 4 is 22.2 Å². The first-order chi connectivity index (χ1) is 10.8. The molecule has 0 aliphatic rings. The summed E-state index contributed by atoms with van der Waals surface area (Å²) in [7, 11) is 0. The van der Waals surface area contributed by atoms with Crippen LogP contribution in [0.1, 0.15) is 11.3 Å². The predicted octanol–water partition coefficient (Wildman–Crippen LogP) is 1.96. The first kappa shape index (κ1) is 14.7. The molecule has 0 unspecified atom stereocenters. The molecule has 6 heteroatoms. The largest absolute Gasteiger partial charge is 0.395 e. The predicted molar refractivity (Wildman–Crippen MR) is 85.7 cm³/mol. The minimum atomic E-state index is -0.0448. The second kappa shape index (κ2) is 6.72. The van der Waals surface area contributed by atoms with Crippen molar-refractivity contribution in [3.05, 3.63) is 59.4 Å². The van der Waals surface area contributed by atoms with Crippen LogP contribution in [-0.4, -0.2) is 38.4 Å². The van der Waals surface area contributed by atoms with E-state index in [0.29, 0.717) is 13.1 Å². The van der Waals surface area contributed by atoms with Gasteiger partial charge in [0, 0.05) is 30.9 Å². The third-order valence-corrected chi connectivity index (χ3v) is 4.19. The molecular weight excluding hydrogens is 298 g/mol. The topological polar surface area (TPSA) is 57.8 Å². The first-order valence-electron chi connectivity index (χ1n) is 7.10. The fourth-order valence-electron chi connectivity index (χ4n) is 2.34. The van der Waals surface area contributed by atoms with Crippen molar-refractivity contribution in [2.75, 3.05) is 13.2 Å². The van der Waals surface area contributed by atoms with E-state index in [0.717, 1.165) is 16.2 Å². The highest BCUT2D eigenvalue weighted by molar-refractivity contribution is 7.15. The number of hydrogen-bond donors (Lipinski definition) is 1. The van der Waals surface area contributed by atoms with Gasteiger partial charge >= 0.3 is 0 Å². The average molecular weight is 315 g/mol. The van der Waals surface area contributed by atoms with Crippen LogP contribution in [0.25, 0.3) is 4.96 Å². The molecule has 1 aromatic carbocycles. The summed E-state index contributed by atoms with van der Waals surface area (Å²) < 4.78 is 1.92. The van der Waals surface area contributed by atoms with Crippen LogP contribution >= 0.6 is 11.3 Å². The van der Waals surface area contributed by atoms with Crippen LogP contribution in [0.3, 0.4) is 0 Å². The average Bonchev–Trinajstić information content (AvgIpc) is 3.09. The standard InChI is InChI=1S/C16H17N3O2S/c20-8-6-18(11-13-4-2-1-3-5-13)15(21)10-14-12-19-7-9-22-16(19)17-14/h1-5,7,9,12,20H,6,8,10-11H2. The van der Waals surface area contributed by atoms with Gasteiger partial charge in [-0.05, 0) is 5.56 Å². The first-order valence-corrected chi connectivity index (χ1v) is 7.98. The summed E-state index contributed by atoms with van der Waals surface area (Å²) in [6, 6.07) is 9.79. The molecule has 0 saturated heterocycles. The maximum atomic E-state index is 12.5. The van der Waals surface area contributed by atoms with Crippen molar-refractivity contribution in [1.82, 2.24) is 14.3 Å². The third kappa shape index (κ3) is 3.35. The lowest BCUT2D eigenvalue weighted by Crippen LogP contribution is -2.34. The second-order valence-corrected chi connectivity index (χ2v) is 5.90. The molecule has 2 heterocycles. The molecule has 3 rings (SSSR count). The second-order valence-electron chi connectivity index (χ2n) is 5.03. The SMILES string of the molecule is O=C(Cc1cn2ccsc2n1)N(CCO)Cc1ccccc1. The molecule has 1 N–H and O–H groups in total. The Labute approximate surface area is 132 Å². The number of nitrogens with zero attached hydrogens (tertiary/aromatic N) is 3. The molecule has 0 bridgehead atoms. The molecule has 0 aliphatic heterocycles. The summed E-state index contributed by atoms with van der Waals surface area (Å²) in [5.74, 6) is -0.0244. The Kier molecular flexibility index (Phi) is 4.50. The number of hydrogen-bond acceptors (Lipinski definition) is 4. The molecule has 0 radical (unpaired) electrons. The fraction of sp³-hybridized carbons (Fsp3) is 0.250. The Morgan fingerprint density at radius 3 is 2.86 bits per heavy atom. The number of carbonyl (C=O) groups excluding carboxylic acids is 1. The van der Waals surface area contributed by atoms with E-state index in [4.69, 9.17) is 0 Å². The number of aliphatic hydroxyl groups excluding tert-OH is 1. The molecule has 0 fully saturated rings. The zero-order chi connectivity index (χ0) is 15.4. The summed E-state index contributed by atoms with van der Waals surface area (Å²) in [4.78, 5) is 19.5. The maximum absolute atomic E-state index is 12.5. The van der Waals surface area contributed by atoms with Crippen LogP contribution in [0.4, 0.5) is 0 Å². The van der Waals surface area contributed by atoms with Gasteiger partial charge in [-0.2, -0.15) is 0 Å². The Morgan fingerprint density at radius 1 is 1.32 bits per heavy atom. The summed E-state index contributed by atoms with van der Waals surface area (Å²) in [5, 5.41) is 11.2. The van der Waals surface area contributed by atoms with Gasteiger partial charge in [0.15, 0.2) is 4.96 Å². The van der Waals surface area contributed by atoms with E-state index < -0.39 is 0 Å². The normalized spacial score (nSPS) is 11.0. The molecule has 0 atom stereocenters. The molecule has 3 aromatic rings. The maximum Gasteiger partial charge on any atom is 0.229 e. The van der Waals surface area contributed by atoms with Gasteiger partial charge in [0.2, 0.25) is 5.91 Å². The van der Waals surface area contributed by atoms with Crippen LogP contribution in [-0.2, 0) is 17.8 Å². The Bertz CT molecular complexity index is 722. The molecule has 5 nitrogen and oxygen atoms in total. The van der Waals surface area contributed by atoms with Crippen molar-refractivity contribution < 1.29 is 9.90 Å². The number of aliphatic hydroxyl groups is 1. The van der Waals surface area contributed by atoms with E-state index in [2.05, 4.69) is 4.98 Å². The Hall–Kier alpha value is -2.18. The van der Waals surface area contributed by atoms with Gasteiger partial charge in [0.1, 0.15) is 0 Å². The van der Waals surface area contributed by atoms with E-state index in [1.54, 1.807) is 16.2 Å². The van der Waals surface area contributed by atoms with Crippen molar-refractivity contribution in [2.45, 2.75) is 13.0 Å². The van der Waals surface area contributed by atoms with E-state index in [9.17, 15) is 9.90 Å². The van der Waals surface area contributed by atoms with Gasteiger partial charge in [-0.3, -0.25) is 9.20 Å². The lowest BCUT2D eigenvalue weighted by Gasteiger charge is -2.21. The van der Waals surface area contributed by atoms with Gasteiger partial charge in [-0.1, -0.05) is 30.3 Å². The lowest BCUT2D eigenvalue weighted by molar-refractivity contribution is -0.131. The number of benzene rings is 1. The molecule has 114 valence electrons. The minimum Gasteiger partial charge on any atom is -0.395 e. The van der Waals surface area contributed by atoms with Crippen molar-refractivity contribution in [2.24, 2.45) is 0 Å². The van der Waals surface area contributed by atoms with E-state index in [-0.39, 0.29) is 18.9 Å². The molecule has 1 amide bonds. The zero-order valence-corrected chi connectivity index (χ0v) is 12.9. The van der Waals surface area contributed by atoms with Crippen LogP contribution in [0.15, 0.2) is 48.1 Å². The Balaban J connectivity index is 1.70. The van der Waals surface area contributed by atoms with Crippen molar-refractivity contribution in [3.63, 3.8) is 0 Å². The summed E-state index contributed by atoms with van der Waals surface area (Å²) in [5.41, 5.74) is 1.81. The van der Waals surface area contributed by atoms with E-state index >= 15 is 0 Å². The number of carbonyl (C=O) groups is 1. The monoisotopic (exact) mass is 315 g/mol. The molecule has 22 heavy (non-hydrogen) atoms. The van der Waals surface area contributed by atoms with E-state index in [1.807, 2.05) is 52.5 Å². The van der Waals surface area contributed by atoms with Gasteiger partial charge in [0.25, 0.3) is 0 Å². The number of fused-ring (bicyclic) bond motifs is 1. The summed E-state index contributed by atoms with van der Waals surface area (Å²) >= 11 is 1.54. The van der Waals surface area contributed by atoms with Gasteiger partial charge in [-0.15, -0.1) is 11.3 Å². The highest BCUT2D eigenvalue weighted by atomic mass is 32.1. The molecule has 0 spiro atoms. The molecule has 0 saturated carbocycles. The third-order valence-electron chi connectivity index (χ3n) is 3.41. The van der Waals surface area contributed by atoms with Crippen LogP contribution in [0.2, 0.25) is 0 Å². The van der Waals surface area contributed by atoms with E-state index in [1.165, 1.54) is 0 Å². The highest BCUT2D eigenvalue weighted by Crippen LogP contribution is 2.13. The zero-order valence-electron chi connectivity index (χ0n) is 12.1. The number of amides is 1. The lowest BCUT2D eigenvalue weighted by atomic mass is 10.2. The van der Waals surface area contributed by atoms with Gasteiger partial charge in [-0.25, -0.2) is 4.98 Å². The number of thiazole rings is 1. The van der Waals surface area contributed by atoms with Gasteiger partial charge < -0.3 is 10.0 Å². The van der Waals surface area contributed by atoms with Crippen molar-refractivity contribution in [1.29, 1.82) is 0 Å². The smallest absolute Gasteiger partial charge is 0.229 e. The Morgan fingerprint density at radius 2 is 2.14 bits per heavy atom. The van der Waals surface area contributed by atoms with Crippen molar-refractivity contribution in [3.8, 4) is 0 Å². The molecule has 2 aromatic heterocycles. The summed E-state index contributed by atoms with van der Waals surface area (Å²) in [6.07, 6.45) is 4.06. The molecule has 0 aliphatic carbocycles. The summed E-state index contributed by atoms with van der Waals surface area (Å²) in [6.45, 7) is 0.787. The quantitative estimate of drug-likeness (QED) is 0.756. The van der Waals surface area contributed by atoms with Gasteiger partial charge in [0.05, 0.1) is 18.7 Å². The number of imidazole rings is 1. The molecular formula is C16H17N3O2S. The van der Waals surface area contributed by atoms with Crippen LogP contribution in [0.5, 0.6) is 0 Å². The number of rotatable bonds is 6. The fourth-order valence-corrected chi connectivity index (χ4v) is 3.06. The van der Waals surface area contributed by atoms with Crippen LogP contribution in [0, 0.1) is 0 Å². The highest BCUT2D eigenvalue weighted by Gasteiger charge is 2.16.